The van der Waals surface area contributed by atoms with E-state index in [-0.39, 0.29) is 24.4 Å². The Morgan fingerprint density at radius 3 is 2.78 bits per heavy atom. The fourth-order valence-electron chi connectivity index (χ4n) is 6.08. The molecule has 4 aliphatic rings. The van der Waals surface area contributed by atoms with Crippen LogP contribution in [0.1, 0.15) is 43.9 Å². The summed E-state index contributed by atoms with van der Waals surface area (Å²) in [5, 5.41) is 1.06. The Morgan fingerprint density at radius 1 is 1.22 bits per heavy atom. The van der Waals surface area contributed by atoms with Gasteiger partial charge >= 0.3 is 0 Å². The van der Waals surface area contributed by atoms with Crippen LogP contribution < -0.4 is 4.72 Å². The molecule has 0 aromatic carbocycles. The lowest BCUT2D eigenvalue weighted by Gasteiger charge is -2.38. The van der Waals surface area contributed by atoms with E-state index in [1.165, 1.54) is 41.6 Å². The number of halogens is 1. The second-order valence-electron chi connectivity index (χ2n) is 10.8. The standard InChI is InChI=1S/C25H35ClN4O4S2/c1-17-4-2-9-28(13-17)15-22-20-12-18(20)14-30(22)24(31)16-29-10-3-5-21(25(29)32)27-36(33,34)11-8-19-6-7-23(26)35-19/h6-8,11,17-18,20-22,27H,2-5,9-10,12-16H2,1H3/t17?,18?,20?,21-,22?/m0/s1. The second-order valence-corrected chi connectivity index (χ2v) is 14.2. The van der Waals surface area contributed by atoms with Crippen LogP contribution in [0.4, 0.5) is 0 Å². The molecule has 1 aliphatic carbocycles. The molecule has 4 heterocycles. The highest BCUT2D eigenvalue weighted by molar-refractivity contribution is 7.92. The average Bonchev–Trinajstić information content (AvgIpc) is 3.33. The number of nitrogens with one attached hydrogen (secondary N) is 1. The van der Waals surface area contributed by atoms with Crippen molar-refractivity contribution in [3.63, 3.8) is 0 Å². The molecule has 5 atom stereocenters. The van der Waals surface area contributed by atoms with E-state index in [4.69, 9.17) is 11.6 Å². The Morgan fingerprint density at radius 2 is 2.03 bits per heavy atom. The summed E-state index contributed by atoms with van der Waals surface area (Å²) in [4.78, 5) is 33.2. The molecule has 1 aromatic rings. The van der Waals surface area contributed by atoms with E-state index in [1.54, 1.807) is 12.1 Å². The fraction of sp³-hybridized carbons (Fsp3) is 0.680. The van der Waals surface area contributed by atoms with Gasteiger partial charge in [-0.05, 0) is 74.6 Å². The molecule has 4 unspecified atom stereocenters. The number of amides is 2. The summed E-state index contributed by atoms with van der Waals surface area (Å²) in [5.74, 6) is 1.56. The Hall–Kier alpha value is -1.46. The van der Waals surface area contributed by atoms with E-state index in [0.29, 0.717) is 46.4 Å². The van der Waals surface area contributed by atoms with Gasteiger partial charge in [-0.2, -0.15) is 4.72 Å². The fourth-order valence-corrected chi connectivity index (χ4v) is 8.15. The van der Waals surface area contributed by atoms with Crippen molar-refractivity contribution in [1.29, 1.82) is 0 Å². The number of nitrogens with zero attached hydrogens (tertiary/aromatic N) is 3. The van der Waals surface area contributed by atoms with E-state index in [1.807, 2.05) is 4.90 Å². The Bertz CT molecular complexity index is 1120. The van der Waals surface area contributed by atoms with Gasteiger partial charge in [0.1, 0.15) is 6.04 Å². The van der Waals surface area contributed by atoms with Crippen LogP contribution in [-0.4, -0.2) is 86.3 Å². The van der Waals surface area contributed by atoms with Gasteiger partial charge in [0.15, 0.2) is 0 Å². The normalized spacial score (nSPS) is 31.3. The van der Waals surface area contributed by atoms with Crippen molar-refractivity contribution >= 4 is 50.9 Å². The minimum atomic E-state index is -3.82. The maximum atomic E-state index is 13.3. The second kappa shape index (κ2) is 10.7. The predicted octanol–water partition coefficient (Wildman–Crippen LogP) is 2.86. The minimum absolute atomic E-state index is 0.0106. The van der Waals surface area contributed by atoms with Gasteiger partial charge in [0.25, 0.3) is 0 Å². The maximum Gasteiger partial charge on any atom is 0.242 e. The average molecular weight is 555 g/mol. The Labute approximate surface area is 222 Å². The van der Waals surface area contributed by atoms with Crippen molar-refractivity contribution in [2.75, 3.05) is 39.3 Å². The molecule has 8 nitrogen and oxygen atoms in total. The number of thiophene rings is 1. The number of sulfonamides is 1. The van der Waals surface area contributed by atoms with Crippen molar-refractivity contribution in [2.45, 2.75) is 51.1 Å². The van der Waals surface area contributed by atoms with Gasteiger partial charge in [-0.1, -0.05) is 18.5 Å². The highest BCUT2D eigenvalue weighted by Gasteiger charge is 2.54. The van der Waals surface area contributed by atoms with Gasteiger partial charge in [0.2, 0.25) is 21.8 Å². The first-order valence-corrected chi connectivity index (χ1v) is 15.7. The SMILES string of the molecule is CC1CCCN(CC2C3CC3CN2C(=O)CN2CCC[C@H](NS(=O)(=O)C=Cc3ccc(Cl)s3)C2=O)C1. The third-order valence-electron chi connectivity index (χ3n) is 7.98. The van der Waals surface area contributed by atoms with Crippen LogP contribution >= 0.6 is 22.9 Å². The third kappa shape index (κ3) is 6.15. The van der Waals surface area contributed by atoms with E-state index >= 15 is 0 Å². The third-order valence-corrected chi connectivity index (χ3v) is 10.3. The first kappa shape index (κ1) is 26.2. The van der Waals surface area contributed by atoms with Crippen molar-refractivity contribution in [3.05, 3.63) is 26.8 Å². The quantitative estimate of drug-likeness (QED) is 0.534. The van der Waals surface area contributed by atoms with Crippen molar-refractivity contribution < 1.29 is 18.0 Å². The van der Waals surface area contributed by atoms with Crippen molar-refractivity contribution in [2.24, 2.45) is 17.8 Å². The Balaban J connectivity index is 1.17. The number of hydrogen-bond acceptors (Lipinski definition) is 6. The summed E-state index contributed by atoms with van der Waals surface area (Å²) in [6.07, 6.45) is 6.23. The number of piperidine rings is 3. The lowest BCUT2D eigenvalue weighted by Crippen LogP contribution is -2.55. The highest BCUT2D eigenvalue weighted by Crippen LogP contribution is 2.50. The molecule has 0 bridgehead atoms. The summed E-state index contributed by atoms with van der Waals surface area (Å²) in [5.41, 5.74) is 0. The highest BCUT2D eigenvalue weighted by atomic mass is 35.5. The summed E-state index contributed by atoms with van der Waals surface area (Å²) in [6.45, 7) is 6.69. The van der Waals surface area contributed by atoms with E-state index < -0.39 is 16.1 Å². The summed E-state index contributed by atoms with van der Waals surface area (Å²) in [7, 11) is -3.82. The lowest BCUT2D eigenvalue weighted by molar-refractivity contribution is -0.144. The van der Waals surface area contributed by atoms with Crippen LogP contribution in [0.2, 0.25) is 4.34 Å². The van der Waals surface area contributed by atoms with Gasteiger partial charge in [-0.3, -0.25) is 9.59 Å². The number of fused-ring (bicyclic) bond motifs is 1. The molecule has 1 saturated carbocycles. The van der Waals surface area contributed by atoms with E-state index in [2.05, 4.69) is 16.5 Å². The number of carbonyl (C=O) groups excluding carboxylic acids is 2. The van der Waals surface area contributed by atoms with Crippen LogP contribution in [0.3, 0.4) is 0 Å². The number of carbonyl (C=O) groups is 2. The molecule has 3 saturated heterocycles. The predicted molar refractivity (Wildman–Crippen MR) is 142 cm³/mol. The summed E-state index contributed by atoms with van der Waals surface area (Å²) >= 11 is 7.17. The number of likely N-dealkylation sites (tertiary alicyclic amines) is 3. The monoisotopic (exact) mass is 554 g/mol. The van der Waals surface area contributed by atoms with Crippen LogP contribution in [0, 0.1) is 17.8 Å². The Kier molecular flexibility index (Phi) is 7.79. The van der Waals surface area contributed by atoms with Crippen LogP contribution in [0.15, 0.2) is 17.5 Å². The zero-order valence-corrected chi connectivity index (χ0v) is 23.0. The zero-order valence-electron chi connectivity index (χ0n) is 20.6. The van der Waals surface area contributed by atoms with Crippen molar-refractivity contribution in [3.8, 4) is 0 Å². The lowest BCUT2D eigenvalue weighted by atomic mass is 9.99. The molecular formula is C25H35ClN4O4S2. The number of rotatable bonds is 8. The molecule has 3 aliphatic heterocycles. The molecule has 2 amide bonds. The molecule has 1 aromatic heterocycles. The van der Waals surface area contributed by atoms with Crippen molar-refractivity contribution in [1.82, 2.24) is 19.4 Å². The first-order valence-electron chi connectivity index (χ1n) is 12.9. The first-order chi connectivity index (χ1) is 17.2. The molecule has 11 heteroatoms. The van der Waals surface area contributed by atoms with Crippen LogP contribution in [0.25, 0.3) is 6.08 Å². The van der Waals surface area contributed by atoms with Gasteiger partial charge in [0.05, 0.1) is 10.9 Å². The smallest absolute Gasteiger partial charge is 0.242 e. The van der Waals surface area contributed by atoms with Gasteiger partial charge in [-0.15, -0.1) is 11.3 Å². The molecule has 5 rings (SSSR count). The van der Waals surface area contributed by atoms with Gasteiger partial charge < -0.3 is 14.7 Å². The minimum Gasteiger partial charge on any atom is -0.336 e. The van der Waals surface area contributed by atoms with E-state index in [9.17, 15) is 18.0 Å². The molecule has 4 fully saturated rings. The summed E-state index contributed by atoms with van der Waals surface area (Å²) < 4.78 is 28.2. The molecule has 0 radical (unpaired) electrons. The van der Waals surface area contributed by atoms with Crippen LogP contribution in [0.5, 0.6) is 0 Å². The van der Waals surface area contributed by atoms with Gasteiger partial charge in [0, 0.05) is 42.5 Å². The van der Waals surface area contributed by atoms with Gasteiger partial charge in [-0.25, -0.2) is 8.42 Å². The topological polar surface area (TPSA) is 90.0 Å². The van der Waals surface area contributed by atoms with Crippen LogP contribution in [-0.2, 0) is 19.6 Å². The molecule has 0 spiro atoms. The largest absolute Gasteiger partial charge is 0.336 e. The zero-order chi connectivity index (χ0) is 25.4. The molecule has 36 heavy (non-hydrogen) atoms. The number of hydrogen-bond donors (Lipinski definition) is 1. The molecule has 1 N–H and O–H groups in total. The molecular weight excluding hydrogens is 520 g/mol. The van der Waals surface area contributed by atoms with E-state index in [0.717, 1.165) is 31.6 Å². The molecule has 198 valence electrons. The summed E-state index contributed by atoms with van der Waals surface area (Å²) in [6, 6.07) is 2.82. The maximum absolute atomic E-state index is 13.3.